The van der Waals surface area contributed by atoms with Gasteiger partial charge in [0.15, 0.2) is 0 Å². The van der Waals surface area contributed by atoms with Crippen LogP contribution in [0.5, 0.6) is 0 Å². The molecule has 0 unspecified atom stereocenters. The Labute approximate surface area is 152 Å². The molecule has 0 atom stereocenters. The summed E-state index contributed by atoms with van der Waals surface area (Å²) in [5, 5.41) is 3.54. The lowest BCUT2D eigenvalue weighted by molar-refractivity contribution is -0.116. The van der Waals surface area contributed by atoms with Gasteiger partial charge in [-0.2, -0.15) is 0 Å². The van der Waals surface area contributed by atoms with Crippen LogP contribution in [0.2, 0.25) is 5.02 Å². The highest BCUT2D eigenvalue weighted by atomic mass is 35.5. The minimum absolute atomic E-state index is 0.158. The summed E-state index contributed by atoms with van der Waals surface area (Å²) in [5.74, 6) is 0.604. The largest absolute Gasteiger partial charge is 0.347 e. The molecule has 2 aromatic rings. The molecule has 0 radical (unpaired) electrons. The number of nitrogens with zero attached hydrogens (tertiary/aromatic N) is 3. The number of carbonyl (C=O) groups is 1. The van der Waals surface area contributed by atoms with Gasteiger partial charge in [0, 0.05) is 29.9 Å². The van der Waals surface area contributed by atoms with Crippen LogP contribution in [-0.2, 0) is 11.3 Å². The van der Waals surface area contributed by atoms with E-state index in [4.69, 9.17) is 11.6 Å². The standard InChI is InChI=1S/C19H21ClN4O/c1-14-12-17(23-19(22-14)24-10-2-3-11-24)13-21-18(25)9-6-15-4-7-16(20)8-5-15/h4-9,12H,2-3,10-11,13H2,1H3,(H,21,25)/b9-6+. The van der Waals surface area contributed by atoms with Crippen LogP contribution >= 0.6 is 11.6 Å². The van der Waals surface area contributed by atoms with Gasteiger partial charge in [0.2, 0.25) is 11.9 Å². The Morgan fingerprint density at radius 3 is 2.68 bits per heavy atom. The first-order valence-corrected chi connectivity index (χ1v) is 8.79. The maximum Gasteiger partial charge on any atom is 0.244 e. The van der Waals surface area contributed by atoms with Gasteiger partial charge in [-0.05, 0) is 49.6 Å². The first kappa shape index (κ1) is 17.4. The average molecular weight is 357 g/mol. The van der Waals surface area contributed by atoms with Gasteiger partial charge in [-0.3, -0.25) is 4.79 Å². The molecule has 3 rings (SSSR count). The minimum atomic E-state index is -0.158. The number of anilines is 1. The quantitative estimate of drug-likeness (QED) is 0.834. The van der Waals surface area contributed by atoms with Crippen LogP contribution in [0, 0.1) is 6.92 Å². The van der Waals surface area contributed by atoms with Crippen LogP contribution < -0.4 is 10.2 Å². The van der Waals surface area contributed by atoms with Crippen LogP contribution in [0.4, 0.5) is 5.95 Å². The van der Waals surface area contributed by atoms with E-state index in [1.54, 1.807) is 18.2 Å². The molecule has 1 aromatic heterocycles. The molecule has 2 heterocycles. The molecular weight excluding hydrogens is 336 g/mol. The Morgan fingerprint density at radius 2 is 1.96 bits per heavy atom. The summed E-state index contributed by atoms with van der Waals surface area (Å²) in [5.41, 5.74) is 2.66. The van der Waals surface area contributed by atoms with Gasteiger partial charge in [-0.1, -0.05) is 23.7 Å². The number of halogens is 1. The number of hydrogen-bond acceptors (Lipinski definition) is 4. The molecule has 1 aliphatic heterocycles. The minimum Gasteiger partial charge on any atom is -0.347 e. The lowest BCUT2D eigenvalue weighted by Gasteiger charge is -2.16. The first-order valence-electron chi connectivity index (χ1n) is 8.41. The van der Waals surface area contributed by atoms with Crippen molar-refractivity contribution in [2.45, 2.75) is 26.3 Å². The SMILES string of the molecule is Cc1cc(CNC(=O)/C=C/c2ccc(Cl)cc2)nc(N2CCCC2)n1. The zero-order chi connectivity index (χ0) is 17.6. The molecular formula is C19H21ClN4O. The number of carbonyl (C=O) groups excluding carboxylic acids is 1. The van der Waals surface area contributed by atoms with E-state index < -0.39 is 0 Å². The van der Waals surface area contributed by atoms with E-state index in [0.29, 0.717) is 11.6 Å². The highest BCUT2D eigenvalue weighted by Gasteiger charge is 2.15. The molecule has 1 fully saturated rings. The fourth-order valence-corrected chi connectivity index (χ4v) is 2.87. The monoisotopic (exact) mass is 356 g/mol. The normalized spacial score (nSPS) is 14.2. The van der Waals surface area contributed by atoms with Crippen molar-refractivity contribution < 1.29 is 4.79 Å². The number of amides is 1. The molecule has 1 saturated heterocycles. The van der Waals surface area contributed by atoms with Crippen LogP contribution in [0.3, 0.4) is 0 Å². The molecule has 1 aliphatic rings. The van der Waals surface area contributed by atoms with E-state index in [9.17, 15) is 4.79 Å². The number of rotatable bonds is 5. The topological polar surface area (TPSA) is 58.1 Å². The first-order chi connectivity index (χ1) is 12.1. The molecule has 0 saturated carbocycles. The van der Waals surface area contributed by atoms with Crippen molar-refractivity contribution in [3.63, 3.8) is 0 Å². The summed E-state index contributed by atoms with van der Waals surface area (Å²) in [4.78, 5) is 23.3. The maximum absolute atomic E-state index is 12.0. The Hall–Kier alpha value is -2.40. The fraction of sp³-hybridized carbons (Fsp3) is 0.316. The second kappa shape index (κ2) is 8.12. The molecule has 6 heteroatoms. The Bertz CT molecular complexity index is 767. The van der Waals surface area contributed by atoms with E-state index in [2.05, 4.69) is 20.2 Å². The number of aromatic nitrogens is 2. The van der Waals surface area contributed by atoms with Crippen molar-refractivity contribution in [1.29, 1.82) is 0 Å². The third kappa shape index (κ3) is 5.03. The zero-order valence-electron chi connectivity index (χ0n) is 14.2. The van der Waals surface area contributed by atoms with Gasteiger partial charge in [-0.15, -0.1) is 0 Å². The summed E-state index contributed by atoms with van der Waals surface area (Å²) < 4.78 is 0. The smallest absolute Gasteiger partial charge is 0.244 e. The Morgan fingerprint density at radius 1 is 1.24 bits per heavy atom. The molecule has 1 amide bonds. The second-order valence-electron chi connectivity index (χ2n) is 6.10. The predicted molar refractivity (Wildman–Crippen MR) is 101 cm³/mol. The predicted octanol–water partition coefficient (Wildman–Crippen LogP) is 3.37. The zero-order valence-corrected chi connectivity index (χ0v) is 15.0. The molecule has 5 nitrogen and oxygen atoms in total. The summed E-state index contributed by atoms with van der Waals surface area (Å²) >= 11 is 5.85. The van der Waals surface area contributed by atoms with E-state index >= 15 is 0 Å². The molecule has 1 N–H and O–H groups in total. The molecule has 25 heavy (non-hydrogen) atoms. The molecule has 130 valence electrons. The van der Waals surface area contributed by atoms with Crippen LogP contribution in [0.15, 0.2) is 36.4 Å². The third-order valence-electron chi connectivity index (χ3n) is 4.03. The summed E-state index contributed by atoms with van der Waals surface area (Å²) in [7, 11) is 0. The Kier molecular flexibility index (Phi) is 5.66. The second-order valence-corrected chi connectivity index (χ2v) is 6.53. The van der Waals surface area contributed by atoms with Crippen molar-refractivity contribution in [1.82, 2.24) is 15.3 Å². The number of benzene rings is 1. The molecule has 0 aliphatic carbocycles. The highest BCUT2D eigenvalue weighted by Crippen LogP contribution is 2.16. The number of hydrogen-bond donors (Lipinski definition) is 1. The summed E-state index contributed by atoms with van der Waals surface area (Å²) in [6, 6.07) is 9.22. The van der Waals surface area contributed by atoms with Crippen molar-refractivity contribution >= 4 is 29.5 Å². The van der Waals surface area contributed by atoms with Crippen LogP contribution in [0.1, 0.15) is 29.8 Å². The van der Waals surface area contributed by atoms with E-state index in [1.165, 1.54) is 18.9 Å². The fourth-order valence-electron chi connectivity index (χ4n) is 2.75. The van der Waals surface area contributed by atoms with Gasteiger partial charge in [0.1, 0.15) is 0 Å². The van der Waals surface area contributed by atoms with Gasteiger partial charge in [-0.25, -0.2) is 9.97 Å². The van der Waals surface area contributed by atoms with E-state index in [-0.39, 0.29) is 5.91 Å². The van der Waals surface area contributed by atoms with Crippen LogP contribution in [-0.4, -0.2) is 29.0 Å². The van der Waals surface area contributed by atoms with E-state index in [0.717, 1.165) is 36.0 Å². The number of nitrogens with one attached hydrogen (secondary N) is 1. The van der Waals surface area contributed by atoms with Crippen molar-refractivity contribution in [2.24, 2.45) is 0 Å². The van der Waals surface area contributed by atoms with Gasteiger partial charge >= 0.3 is 0 Å². The van der Waals surface area contributed by atoms with Crippen molar-refractivity contribution in [3.8, 4) is 0 Å². The van der Waals surface area contributed by atoms with Crippen LogP contribution in [0.25, 0.3) is 6.08 Å². The summed E-state index contributed by atoms with van der Waals surface area (Å²) in [6.07, 6.45) is 5.63. The van der Waals surface area contributed by atoms with Gasteiger partial charge < -0.3 is 10.2 Å². The Balaban J connectivity index is 1.59. The molecule has 0 spiro atoms. The summed E-state index contributed by atoms with van der Waals surface area (Å²) in [6.45, 7) is 4.33. The van der Waals surface area contributed by atoms with Gasteiger partial charge in [0.25, 0.3) is 0 Å². The number of aryl methyl sites for hydroxylation is 1. The average Bonchev–Trinajstić information content (AvgIpc) is 3.14. The lowest BCUT2D eigenvalue weighted by atomic mass is 10.2. The van der Waals surface area contributed by atoms with E-state index in [1.807, 2.05) is 25.1 Å². The third-order valence-corrected chi connectivity index (χ3v) is 4.28. The maximum atomic E-state index is 12.0. The molecule has 0 bridgehead atoms. The van der Waals surface area contributed by atoms with Crippen molar-refractivity contribution in [3.05, 3.63) is 58.4 Å². The highest BCUT2D eigenvalue weighted by molar-refractivity contribution is 6.30. The van der Waals surface area contributed by atoms with Crippen molar-refractivity contribution in [2.75, 3.05) is 18.0 Å². The molecule has 1 aromatic carbocycles. The van der Waals surface area contributed by atoms with Gasteiger partial charge in [0.05, 0.1) is 12.2 Å². The lowest BCUT2D eigenvalue weighted by Crippen LogP contribution is -2.24.